The quantitative estimate of drug-likeness (QED) is 0.549. The molecule has 0 amide bonds. The van der Waals surface area contributed by atoms with E-state index in [1.165, 1.54) is 0 Å². The number of aliphatic hydroxyl groups excluding tert-OH is 1. The van der Waals surface area contributed by atoms with Gasteiger partial charge in [0.25, 0.3) is 0 Å². The maximum absolute atomic E-state index is 10.7. The summed E-state index contributed by atoms with van der Waals surface area (Å²) < 4.78 is 1.97. The number of benzene rings is 2. The molecule has 140 valence electrons. The fourth-order valence-electron chi connectivity index (χ4n) is 3.26. The molecule has 0 spiro atoms. The molecular weight excluding hydrogens is 348 g/mol. The summed E-state index contributed by atoms with van der Waals surface area (Å²) >= 11 is 0. The van der Waals surface area contributed by atoms with Gasteiger partial charge in [0, 0.05) is 18.2 Å². The molecule has 4 rings (SSSR count). The first kappa shape index (κ1) is 18.1. The predicted molar refractivity (Wildman–Crippen MR) is 109 cm³/mol. The molecule has 0 aliphatic rings. The lowest BCUT2D eigenvalue weighted by molar-refractivity contribution is 0.157. The number of aryl methyl sites for hydroxylation is 1. The SMILES string of the molecule is CCc1nccc(-c2c(-c3ccccc3)ncn2C[C@H](O)c2ccccc2)n1. The van der Waals surface area contributed by atoms with Crippen molar-refractivity contribution in [2.24, 2.45) is 0 Å². The summed E-state index contributed by atoms with van der Waals surface area (Å²) in [5, 5.41) is 10.7. The zero-order valence-corrected chi connectivity index (χ0v) is 15.7. The Balaban J connectivity index is 1.79. The van der Waals surface area contributed by atoms with E-state index in [1.54, 1.807) is 12.5 Å². The average molecular weight is 370 g/mol. The highest BCUT2D eigenvalue weighted by molar-refractivity contribution is 5.76. The van der Waals surface area contributed by atoms with Crippen molar-refractivity contribution in [3.05, 3.63) is 90.6 Å². The Morgan fingerprint density at radius 3 is 2.36 bits per heavy atom. The van der Waals surface area contributed by atoms with Crippen LogP contribution in [0.5, 0.6) is 0 Å². The minimum Gasteiger partial charge on any atom is -0.387 e. The molecule has 1 atom stereocenters. The molecule has 0 aliphatic heterocycles. The summed E-state index contributed by atoms with van der Waals surface area (Å²) in [5.74, 6) is 0.785. The van der Waals surface area contributed by atoms with Crippen LogP contribution in [0, 0.1) is 0 Å². The Bertz CT molecular complexity index is 1040. The third-order valence-electron chi connectivity index (χ3n) is 4.70. The molecule has 0 aliphatic carbocycles. The summed E-state index contributed by atoms with van der Waals surface area (Å²) in [6, 6.07) is 21.6. The van der Waals surface area contributed by atoms with Crippen molar-refractivity contribution in [3.63, 3.8) is 0 Å². The van der Waals surface area contributed by atoms with E-state index in [-0.39, 0.29) is 0 Å². The zero-order chi connectivity index (χ0) is 19.3. The van der Waals surface area contributed by atoms with E-state index in [0.717, 1.165) is 40.5 Å². The Hall–Kier alpha value is -3.31. The Kier molecular flexibility index (Phi) is 5.26. The monoisotopic (exact) mass is 370 g/mol. The molecule has 28 heavy (non-hydrogen) atoms. The van der Waals surface area contributed by atoms with E-state index in [9.17, 15) is 5.11 Å². The lowest BCUT2D eigenvalue weighted by Crippen LogP contribution is -2.10. The topological polar surface area (TPSA) is 63.8 Å². The number of imidazole rings is 1. The molecule has 5 nitrogen and oxygen atoms in total. The fourth-order valence-corrected chi connectivity index (χ4v) is 3.26. The summed E-state index contributed by atoms with van der Waals surface area (Å²) in [4.78, 5) is 13.7. The van der Waals surface area contributed by atoms with Gasteiger partial charge in [0.2, 0.25) is 0 Å². The van der Waals surface area contributed by atoms with Crippen LogP contribution in [-0.4, -0.2) is 24.6 Å². The smallest absolute Gasteiger partial charge is 0.128 e. The van der Waals surface area contributed by atoms with E-state index in [2.05, 4.69) is 9.97 Å². The first-order valence-corrected chi connectivity index (χ1v) is 9.42. The summed E-state index contributed by atoms with van der Waals surface area (Å²) in [7, 11) is 0. The van der Waals surface area contributed by atoms with Gasteiger partial charge in [-0.15, -0.1) is 0 Å². The van der Waals surface area contributed by atoms with Gasteiger partial charge in [-0.3, -0.25) is 0 Å². The molecule has 1 N–H and O–H groups in total. The molecule has 0 fully saturated rings. The maximum Gasteiger partial charge on any atom is 0.128 e. The highest BCUT2D eigenvalue weighted by Crippen LogP contribution is 2.31. The molecule has 5 heteroatoms. The second-order valence-electron chi connectivity index (χ2n) is 6.60. The molecule has 4 aromatic rings. The highest BCUT2D eigenvalue weighted by Gasteiger charge is 2.19. The van der Waals surface area contributed by atoms with Crippen molar-refractivity contribution in [1.29, 1.82) is 0 Å². The number of nitrogens with zero attached hydrogens (tertiary/aromatic N) is 4. The molecule has 0 bridgehead atoms. The van der Waals surface area contributed by atoms with Crippen LogP contribution in [0.15, 0.2) is 79.3 Å². The van der Waals surface area contributed by atoms with Crippen molar-refractivity contribution in [2.75, 3.05) is 0 Å². The van der Waals surface area contributed by atoms with E-state index in [0.29, 0.717) is 6.54 Å². The van der Waals surface area contributed by atoms with E-state index in [1.807, 2.05) is 78.2 Å². The lowest BCUT2D eigenvalue weighted by atomic mass is 10.1. The molecule has 2 aromatic carbocycles. The van der Waals surface area contributed by atoms with Gasteiger partial charge in [-0.25, -0.2) is 15.0 Å². The van der Waals surface area contributed by atoms with E-state index in [4.69, 9.17) is 4.98 Å². The third kappa shape index (κ3) is 3.70. The van der Waals surface area contributed by atoms with Crippen LogP contribution in [-0.2, 0) is 13.0 Å². The number of aliphatic hydroxyl groups is 1. The average Bonchev–Trinajstić information content (AvgIpc) is 3.18. The van der Waals surface area contributed by atoms with Gasteiger partial charge < -0.3 is 9.67 Å². The van der Waals surface area contributed by atoms with Gasteiger partial charge in [0.05, 0.1) is 36.1 Å². The van der Waals surface area contributed by atoms with Gasteiger partial charge in [-0.1, -0.05) is 67.6 Å². The van der Waals surface area contributed by atoms with Crippen LogP contribution >= 0.6 is 0 Å². The third-order valence-corrected chi connectivity index (χ3v) is 4.70. The fraction of sp³-hybridized carbons (Fsp3) is 0.174. The number of hydrogen-bond donors (Lipinski definition) is 1. The van der Waals surface area contributed by atoms with Gasteiger partial charge >= 0.3 is 0 Å². The standard InChI is InChI=1S/C23H22N4O/c1-2-21-24-14-13-19(26-21)23-22(18-11-7-4-8-12-18)25-16-27(23)15-20(28)17-9-5-3-6-10-17/h3-14,16,20,28H,2,15H2,1H3/t20-/m0/s1. The van der Waals surface area contributed by atoms with Crippen molar-refractivity contribution in [1.82, 2.24) is 19.5 Å². The van der Waals surface area contributed by atoms with Crippen molar-refractivity contribution in [2.45, 2.75) is 26.0 Å². The molecular formula is C23H22N4O. The van der Waals surface area contributed by atoms with E-state index < -0.39 is 6.10 Å². The predicted octanol–water partition coefficient (Wildman–Crippen LogP) is 4.30. The molecule has 2 aromatic heterocycles. The first-order valence-electron chi connectivity index (χ1n) is 9.42. The largest absolute Gasteiger partial charge is 0.387 e. The molecule has 0 saturated heterocycles. The second kappa shape index (κ2) is 8.15. The first-order chi connectivity index (χ1) is 13.8. The number of rotatable bonds is 6. The van der Waals surface area contributed by atoms with Crippen molar-refractivity contribution >= 4 is 0 Å². The molecule has 2 heterocycles. The van der Waals surface area contributed by atoms with Crippen molar-refractivity contribution < 1.29 is 5.11 Å². The Morgan fingerprint density at radius 2 is 1.64 bits per heavy atom. The minimum atomic E-state index is -0.634. The normalized spacial score (nSPS) is 12.1. The van der Waals surface area contributed by atoms with Gasteiger partial charge in [-0.2, -0.15) is 0 Å². The maximum atomic E-state index is 10.7. The summed E-state index contributed by atoms with van der Waals surface area (Å²) in [6.07, 6.45) is 3.68. The van der Waals surface area contributed by atoms with Crippen LogP contribution in [0.1, 0.15) is 24.4 Å². The summed E-state index contributed by atoms with van der Waals surface area (Å²) in [5.41, 5.74) is 4.44. The summed E-state index contributed by atoms with van der Waals surface area (Å²) in [6.45, 7) is 2.43. The van der Waals surface area contributed by atoms with Crippen LogP contribution in [0.2, 0.25) is 0 Å². The van der Waals surface area contributed by atoms with E-state index >= 15 is 0 Å². The number of aromatic nitrogens is 4. The minimum absolute atomic E-state index is 0.393. The van der Waals surface area contributed by atoms with Crippen LogP contribution in [0.4, 0.5) is 0 Å². The van der Waals surface area contributed by atoms with Gasteiger partial charge in [0.15, 0.2) is 0 Å². The van der Waals surface area contributed by atoms with Gasteiger partial charge in [-0.05, 0) is 11.6 Å². The van der Waals surface area contributed by atoms with Crippen LogP contribution < -0.4 is 0 Å². The Labute approximate surface area is 164 Å². The zero-order valence-electron chi connectivity index (χ0n) is 15.7. The second-order valence-corrected chi connectivity index (χ2v) is 6.60. The van der Waals surface area contributed by atoms with Crippen LogP contribution in [0.3, 0.4) is 0 Å². The molecule has 0 radical (unpaired) electrons. The lowest BCUT2D eigenvalue weighted by Gasteiger charge is -2.15. The van der Waals surface area contributed by atoms with Crippen LogP contribution in [0.25, 0.3) is 22.6 Å². The van der Waals surface area contributed by atoms with Gasteiger partial charge in [0.1, 0.15) is 5.82 Å². The number of hydrogen-bond acceptors (Lipinski definition) is 4. The molecule has 0 saturated carbocycles. The van der Waals surface area contributed by atoms with Crippen molar-refractivity contribution in [3.8, 4) is 22.6 Å². The molecule has 0 unspecified atom stereocenters. The highest BCUT2D eigenvalue weighted by atomic mass is 16.3. The Morgan fingerprint density at radius 1 is 0.929 bits per heavy atom.